The second-order valence-electron chi connectivity index (χ2n) is 9.78. The number of aryl methyl sites for hydroxylation is 1. The van der Waals surface area contributed by atoms with Crippen molar-refractivity contribution in [2.75, 3.05) is 18.5 Å². The van der Waals surface area contributed by atoms with Gasteiger partial charge in [-0.15, -0.1) is 0 Å². The Bertz CT molecular complexity index is 1200. The first-order chi connectivity index (χ1) is 18.3. The van der Waals surface area contributed by atoms with Crippen molar-refractivity contribution in [1.82, 2.24) is 0 Å². The van der Waals surface area contributed by atoms with Gasteiger partial charge in [-0.25, -0.2) is 0 Å². The number of carbonyl (C=O) groups is 2. The molecule has 1 atom stereocenters. The minimum atomic E-state index is -0.266. The van der Waals surface area contributed by atoms with Crippen molar-refractivity contribution < 1.29 is 23.8 Å². The van der Waals surface area contributed by atoms with Gasteiger partial charge < -0.3 is 19.5 Å². The largest absolute Gasteiger partial charge is 0.493 e. The molecule has 1 unspecified atom stereocenters. The Morgan fingerprint density at radius 1 is 0.947 bits per heavy atom. The number of anilines is 1. The fraction of sp³-hybridized carbons (Fsp3) is 0.375. The minimum absolute atomic E-state index is 0.101. The van der Waals surface area contributed by atoms with E-state index in [1.807, 2.05) is 38.1 Å². The summed E-state index contributed by atoms with van der Waals surface area (Å²) in [6.45, 7) is 10.9. The Morgan fingerprint density at radius 3 is 2.37 bits per heavy atom. The molecule has 0 aromatic heterocycles. The summed E-state index contributed by atoms with van der Waals surface area (Å²) < 4.78 is 16.9. The van der Waals surface area contributed by atoms with Gasteiger partial charge in [0.25, 0.3) is 5.91 Å². The third-order valence-electron chi connectivity index (χ3n) is 6.07. The van der Waals surface area contributed by atoms with Gasteiger partial charge in [0.15, 0.2) is 0 Å². The van der Waals surface area contributed by atoms with E-state index in [9.17, 15) is 9.59 Å². The Kier molecular flexibility index (Phi) is 10.8. The van der Waals surface area contributed by atoms with Gasteiger partial charge in [0.05, 0.1) is 18.8 Å². The van der Waals surface area contributed by atoms with Crippen molar-refractivity contribution >= 4 is 17.6 Å². The molecular weight excluding hydrogens is 478 g/mol. The molecule has 6 nitrogen and oxygen atoms in total. The molecule has 0 fully saturated rings. The number of hydrogen-bond acceptors (Lipinski definition) is 5. The summed E-state index contributed by atoms with van der Waals surface area (Å²) in [5.74, 6) is 1.32. The predicted octanol–water partition coefficient (Wildman–Crippen LogP) is 7.31. The van der Waals surface area contributed by atoms with Crippen LogP contribution in [0, 0.1) is 12.8 Å². The fourth-order valence-electron chi connectivity index (χ4n) is 4.12. The Balaban J connectivity index is 1.59. The molecule has 3 aromatic rings. The van der Waals surface area contributed by atoms with E-state index < -0.39 is 0 Å². The van der Waals surface area contributed by atoms with E-state index in [1.165, 1.54) is 5.56 Å². The number of ether oxygens (including phenoxy) is 3. The SMILES string of the molecule is CCOC(=O)CCCOc1ccccc1C(=O)Nc1ccc(OC(C)c2ccc(CC(C)C)cc2)cc1C. The lowest BCUT2D eigenvalue weighted by Crippen LogP contribution is -2.15. The van der Waals surface area contributed by atoms with Crippen LogP contribution in [-0.2, 0) is 16.0 Å². The third kappa shape index (κ3) is 8.65. The zero-order valence-electron chi connectivity index (χ0n) is 23.1. The fourth-order valence-corrected chi connectivity index (χ4v) is 4.12. The topological polar surface area (TPSA) is 73.9 Å². The molecule has 6 heteroatoms. The van der Waals surface area contributed by atoms with Crippen molar-refractivity contribution in [3.05, 3.63) is 89.0 Å². The van der Waals surface area contributed by atoms with Crippen LogP contribution in [0.15, 0.2) is 66.7 Å². The standard InChI is InChI=1S/C32H39NO5/c1-6-36-31(34)12-9-19-37-30-11-8-7-10-28(30)32(35)33-29-18-17-27(21-23(29)4)38-24(5)26-15-13-25(14-16-26)20-22(2)3/h7-8,10-11,13-18,21-22,24H,6,9,12,19-20H2,1-5H3,(H,33,35). The summed E-state index contributed by atoms with van der Waals surface area (Å²) in [5, 5.41) is 2.98. The van der Waals surface area contributed by atoms with Gasteiger partial charge in [0, 0.05) is 12.1 Å². The molecule has 3 aromatic carbocycles. The summed E-state index contributed by atoms with van der Waals surface area (Å²) in [6, 6.07) is 21.3. The Labute approximate surface area is 226 Å². The quantitative estimate of drug-likeness (QED) is 0.190. The summed E-state index contributed by atoms with van der Waals surface area (Å²) >= 11 is 0. The lowest BCUT2D eigenvalue weighted by Gasteiger charge is -2.18. The summed E-state index contributed by atoms with van der Waals surface area (Å²) in [4.78, 5) is 24.6. The van der Waals surface area contributed by atoms with E-state index in [0.717, 1.165) is 23.3 Å². The maximum Gasteiger partial charge on any atom is 0.305 e. The van der Waals surface area contributed by atoms with E-state index in [-0.39, 0.29) is 24.4 Å². The lowest BCUT2D eigenvalue weighted by atomic mass is 10.0. The zero-order chi connectivity index (χ0) is 27.5. The molecule has 0 saturated carbocycles. The van der Waals surface area contributed by atoms with Gasteiger partial charge >= 0.3 is 5.97 Å². The number of benzene rings is 3. The number of amides is 1. The van der Waals surface area contributed by atoms with Crippen LogP contribution in [0.2, 0.25) is 0 Å². The van der Waals surface area contributed by atoms with Crippen molar-refractivity contribution in [1.29, 1.82) is 0 Å². The van der Waals surface area contributed by atoms with Gasteiger partial charge in [-0.1, -0.05) is 50.2 Å². The molecule has 38 heavy (non-hydrogen) atoms. The molecule has 0 saturated heterocycles. The number of para-hydroxylation sites is 1. The smallest absolute Gasteiger partial charge is 0.305 e. The van der Waals surface area contributed by atoms with E-state index in [4.69, 9.17) is 14.2 Å². The highest BCUT2D eigenvalue weighted by Crippen LogP contribution is 2.28. The van der Waals surface area contributed by atoms with Crippen LogP contribution in [0.4, 0.5) is 5.69 Å². The van der Waals surface area contributed by atoms with E-state index in [0.29, 0.717) is 42.6 Å². The lowest BCUT2D eigenvalue weighted by molar-refractivity contribution is -0.143. The summed E-state index contributed by atoms with van der Waals surface area (Å²) in [5.41, 5.74) is 4.47. The first-order valence-corrected chi connectivity index (χ1v) is 13.3. The van der Waals surface area contributed by atoms with Crippen molar-refractivity contribution in [2.45, 2.75) is 60.0 Å². The average Bonchev–Trinajstić information content (AvgIpc) is 2.88. The molecule has 0 aliphatic rings. The maximum atomic E-state index is 13.1. The first-order valence-electron chi connectivity index (χ1n) is 13.3. The molecule has 0 aliphatic carbocycles. The summed E-state index contributed by atoms with van der Waals surface area (Å²) in [6.07, 6.45) is 1.75. The van der Waals surface area contributed by atoms with Crippen LogP contribution in [0.3, 0.4) is 0 Å². The van der Waals surface area contributed by atoms with E-state index in [2.05, 4.69) is 43.4 Å². The molecule has 1 amide bonds. The number of esters is 1. The highest BCUT2D eigenvalue weighted by Gasteiger charge is 2.15. The monoisotopic (exact) mass is 517 g/mol. The van der Waals surface area contributed by atoms with Crippen LogP contribution in [0.1, 0.15) is 73.7 Å². The highest BCUT2D eigenvalue weighted by atomic mass is 16.5. The number of hydrogen-bond donors (Lipinski definition) is 1. The predicted molar refractivity (Wildman–Crippen MR) is 151 cm³/mol. The molecular formula is C32H39NO5. The Morgan fingerprint density at radius 2 is 1.68 bits per heavy atom. The van der Waals surface area contributed by atoms with Crippen molar-refractivity contribution in [2.24, 2.45) is 5.92 Å². The first kappa shape index (κ1) is 28.8. The van der Waals surface area contributed by atoms with Crippen LogP contribution in [0.5, 0.6) is 11.5 Å². The van der Waals surface area contributed by atoms with Crippen LogP contribution in [-0.4, -0.2) is 25.1 Å². The summed E-state index contributed by atoms with van der Waals surface area (Å²) in [7, 11) is 0. The second-order valence-corrected chi connectivity index (χ2v) is 9.78. The molecule has 0 spiro atoms. The van der Waals surface area contributed by atoms with Gasteiger partial charge in [-0.2, -0.15) is 0 Å². The third-order valence-corrected chi connectivity index (χ3v) is 6.07. The van der Waals surface area contributed by atoms with Gasteiger partial charge in [-0.3, -0.25) is 9.59 Å². The molecule has 202 valence electrons. The Hall–Kier alpha value is -3.80. The molecule has 0 bridgehead atoms. The maximum absolute atomic E-state index is 13.1. The number of rotatable bonds is 13. The van der Waals surface area contributed by atoms with Crippen LogP contribution in [0.25, 0.3) is 0 Å². The number of nitrogens with one attached hydrogen (secondary N) is 1. The highest BCUT2D eigenvalue weighted by molar-refractivity contribution is 6.06. The second kappa shape index (κ2) is 14.2. The van der Waals surface area contributed by atoms with Crippen molar-refractivity contribution in [3.8, 4) is 11.5 Å². The minimum Gasteiger partial charge on any atom is -0.493 e. The molecule has 3 rings (SSSR count). The van der Waals surface area contributed by atoms with E-state index in [1.54, 1.807) is 25.1 Å². The van der Waals surface area contributed by atoms with Gasteiger partial charge in [0.1, 0.15) is 17.6 Å². The van der Waals surface area contributed by atoms with Gasteiger partial charge in [0.2, 0.25) is 0 Å². The van der Waals surface area contributed by atoms with Crippen LogP contribution >= 0.6 is 0 Å². The number of carbonyl (C=O) groups excluding carboxylic acids is 2. The normalized spacial score (nSPS) is 11.6. The van der Waals surface area contributed by atoms with Crippen molar-refractivity contribution in [3.63, 3.8) is 0 Å². The molecule has 1 N–H and O–H groups in total. The molecule has 0 aliphatic heterocycles. The molecule has 0 heterocycles. The van der Waals surface area contributed by atoms with Gasteiger partial charge in [-0.05, 0) is 86.6 Å². The van der Waals surface area contributed by atoms with E-state index >= 15 is 0 Å². The zero-order valence-corrected chi connectivity index (χ0v) is 23.1. The molecule has 0 radical (unpaired) electrons. The van der Waals surface area contributed by atoms with Crippen LogP contribution < -0.4 is 14.8 Å². The average molecular weight is 518 g/mol.